The number of sulfonamides is 1. The SMILES string of the molecule is Cc1c(Cl)cccc1S(=O)(=O)Nc1cnccc1OCc1cccnc1. The molecule has 26 heavy (non-hydrogen) atoms. The lowest BCUT2D eigenvalue weighted by atomic mass is 10.2. The quantitative estimate of drug-likeness (QED) is 0.693. The molecule has 0 aliphatic heterocycles. The molecule has 0 aliphatic carbocycles. The van der Waals surface area contributed by atoms with E-state index in [1.54, 1.807) is 43.6 Å². The second-order valence-electron chi connectivity index (χ2n) is 5.49. The fourth-order valence-electron chi connectivity index (χ4n) is 2.31. The Bertz CT molecular complexity index is 1010. The van der Waals surface area contributed by atoms with Crippen molar-refractivity contribution in [3.8, 4) is 5.75 Å². The largest absolute Gasteiger partial charge is 0.487 e. The van der Waals surface area contributed by atoms with Gasteiger partial charge in [-0.25, -0.2) is 8.42 Å². The Morgan fingerprint density at radius 2 is 1.88 bits per heavy atom. The number of halogens is 1. The zero-order chi connectivity index (χ0) is 18.6. The van der Waals surface area contributed by atoms with Crippen LogP contribution in [0.2, 0.25) is 5.02 Å². The predicted molar refractivity (Wildman–Crippen MR) is 99.8 cm³/mol. The number of anilines is 1. The Labute approximate surface area is 156 Å². The number of nitrogens with one attached hydrogen (secondary N) is 1. The first kappa shape index (κ1) is 18.2. The molecule has 3 aromatic rings. The molecule has 0 spiro atoms. The van der Waals surface area contributed by atoms with E-state index in [0.717, 1.165) is 5.56 Å². The highest BCUT2D eigenvalue weighted by atomic mass is 35.5. The molecule has 0 amide bonds. The highest BCUT2D eigenvalue weighted by molar-refractivity contribution is 7.92. The summed E-state index contributed by atoms with van der Waals surface area (Å²) >= 11 is 6.04. The molecule has 0 aliphatic rings. The van der Waals surface area contributed by atoms with E-state index >= 15 is 0 Å². The topological polar surface area (TPSA) is 81.2 Å². The van der Waals surface area contributed by atoms with Gasteiger partial charge in [0.2, 0.25) is 0 Å². The summed E-state index contributed by atoms with van der Waals surface area (Å²) in [7, 11) is -3.84. The summed E-state index contributed by atoms with van der Waals surface area (Å²) in [5.74, 6) is 0.368. The number of hydrogen-bond acceptors (Lipinski definition) is 5. The van der Waals surface area contributed by atoms with Gasteiger partial charge < -0.3 is 4.74 Å². The normalized spacial score (nSPS) is 11.2. The van der Waals surface area contributed by atoms with E-state index in [9.17, 15) is 8.42 Å². The number of pyridine rings is 2. The van der Waals surface area contributed by atoms with Crippen LogP contribution in [0.5, 0.6) is 5.75 Å². The van der Waals surface area contributed by atoms with Crippen LogP contribution in [-0.2, 0) is 16.6 Å². The fraction of sp³-hybridized carbons (Fsp3) is 0.111. The van der Waals surface area contributed by atoms with Crippen LogP contribution < -0.4 is 9.46 Å². The van der Waals surface area contributed by atoms with Crippen LogP contribution in [0.4, 0.5) is 5.69 Å². The smallest absolute Gasteiger partial charge is 0.262 e. The number of rotatable bonds is 6. The second kappa shape index (κ2) is 7.72. The van der Waals surface area contributed by atoms with E-state index in [0.29, 0.717) is 16.3 Å². The molecule has 0 fully saturated rings. The number of nitrogens with zero attached hydrogens (tertiary/aromatic N) is 2. The maximum absolute atomic E-state index is 12.7. The lowest BCUT2D eigenvalue weighted by molar-refractivity contribution is 0.307. The first-order chi connectivity index (χ1) is 12.5. The zero-order valence-electron chi connectivity index (χ0n) is 13.9. The molecule has 2 heterocycles. The maximum Gasteiger partial charge on any atom is 0.262 e. The maximum atomic E-state index is 12.7. The van der Waals surface area contributed by atoms with Crippen molar-refractivity contribution in [1.29, 1.82) is 0 Å². The van der Waals surface area contributed by atoms with Crippen molar-refractivity contribution in [3.05, 3.63) is 77.3 Å². The van der Waals surface area contributed by atoms with E-state index in [-0.39, 0.29) is 17.2 Å². The Balaban J connectivity index is 1.85. The summed E-state index contributed by atoms with van der Waals surface area (Å²) in [6, 6.07) is 9.99. The molecule has 0 radical (unpaired) electrons. The van der Waals surface area contributed by atoms with E-state index in [2.05, 4.69) is 14.7 Å². The van der Waals surface area contributed by atoms with Gasteiger partial charge in [0.05, 0.1) is 11.1 Å². The van der Waals surface area contributed by atoms with Crippen LogP contribution in [0, 0.1) is 6.92 Å². The van der Waals surface area contributed by atoms with Crippen LogP contribution >= 0.6 is 11.6 Å². The molecule has 134 valence electrons. The molecule has 1 aromatic carbocycles. The highest BCUT2D eigenvalue weighted by Crippen LogP contribution is 2.29. The number of benzene rings is 1. The standard InChI is InChI=1S/C18H16ClN3O3S/c1-13-15(19)5-2-6-18(13)26(23,24)22-16-11-21-9-7-17(16)25-12-14-4-3-8-20-10-14/h2-11,22H,12H2,1H3. The Morgan fingerprint density at radius 1 is 1.08 bits per heavy atom. The van der Waals surface area contributed by atoms with Gasteiger partial charge in [-0.1, -0.05) is 23.7 Å². The third-order valence-electron chi connectivity index (χ3n) is 3.65. The van der Waals surface area contributed by atoms with Crippen molar-refractivity contribution < 1.29 is 13.2 Å². The third kappa shape index (κ3) is 4.12. The molecule has 0 atom stereocenters. The van der Waals surface area contributed by atoms with Crippen molar-refractivity contribution in [2.24, 2.45) is 0 Å². The molecular weight excluding hydrogens is 374 g/mol. The number of aromatic nitrogens is 2. The summed E-state index contributed by atoms with van der Waals surface area (Å²) in [4.78, 5) is 8.10. The molecule has 8 heteroatoms. The van der Waals surface area contributed by atoms with Gasteiger partial charge in [0.1, 0.15) is 18.0 Å². The van der Waals surface area contributed by atoms with Crippen molar-refractivity contribution >= 4 is 27.3 Å². The molecular formula is C18H16ClN3O3S. The van der Waals surface area contributed by atoms with Crippen molar-refractivity contribution in [2.45, 2.75) is 18.4 Å². The van der Waals surface area contributed by atoms with Gasteiger partial charge in [-0.15, -0.1) is 0 Å². The summed E-state index contributed by atoms with van der Waals surface area (Å²) in [6.07, 6.45) is 6.28. The van der Waals surface area contributed by atoms with Gasteiger partial charge in [-0.2, -0.15) is 0 Å². The minimum Gasteiger partial charge on any atom is -0.487 e. The van der Waals surface area contributed by atoms with Crippen molar-refractivity contribution in [1.82, 2.24) is 9.97 Å². The zero-order valence-corrected chi connectivity index (χ0v) is 15.5. The third-order valence-corrected chi connectivity index (χ3v) is 5.57. The lowest BCUT2D eigenvalue weighted by Crippen LogP contribution is -2.15. The minimum atomic E-state index is -3.84. The van der Waals surface area contributed by atoms with E-state index in [1.165, 1.54) is 18.5 Å². The molecule has 1 N–H and O–H groups in total. The molecule has 2 aromatic heterocycles. The second-order valence-corrected chi connectivity index (χ2v) is 7.55. The number of ether oxygens (including phenoxy) is 1. The van der Waals surface area contributed by atoms with Crippen LogP contribution in [0.25, 0.3) is 0 Å². The first-order valence-electron chi connectivity index (χ1n) is 7.71. The minimum absolute atomic E-state index is 0.104. The van der Waals surface area contributed by atoms with Crippen LogP contribution in [0.3, 0.4) is 0 Å². The number of hydrogen-bond donors (Lipinski definition) is 1. The molecule has 0 unspecified atom stereocenters. The van der Waals surface area contributed by atoms with Gasteiger partial charge in [0, 0.05) is 35.2 Å². The molecule has 3 rings (SSSR count). The molecule has 0 bridgehead atoms. The molecule has 6 nitrogen and oxygen atoms in total. The van der Waals surface area contributed by atoms with Crippen LogP contribution in [-0.4, -0.2) is 18.4 Å². The van der Waals surface area contributed by atoms with Crippen molar-refractivity contribution in [2.75, 3.05) is 4.72 Å². The first-order valence-corrected chi connectivity index (χ1v) is 9.57. The fourth-order valence-corrected chi connectivity index (χ4v) is 3.86. The van der Waals surface area contributed by atoms with Crippen LogP contribution in [0.1, 0.15) is 11.1 Å². The van der Waals surface area contributed by atoms with Gasteiger partial charge in [0.15, 0.2) is 0 Å². The lowest BCUT2D eigenvalue weighted by Gasteiger charge is -2.14. The van der Waals surface area contributed by atoms with Gasteiger partial charge >= 0.3 is 0 Å². The van der Waals surface area contributed by atoms with Gasteiger partial charge in [-0.3, -0.25) is 14.7 Å². The van der Waals surface area contributed by atoms with Crippen LogP contribution in [0.15, 0.2) is 66.1 Å². The summed E-state index contributed by atoms with van der Waals surface area (Å²) < 4.78 is 33.7. The Kier molecular flexibility index (Phi) is 5.39. The molecule has 0 saturated heterocycles. The van der Waals surface area contributed by atoms with Gasteiger partial charge in [0.25, 0.3) is 10.0 Å². The highest BCUT2D eigenvalue weighted by Gasteiger charge is 2.20. The van der Waals surface area contributed by atoms with Gasteiger partial charge in [-0.05, 0) is 30.7 Å². The Hall–Kier alpha value is -2.64. The average Bonchev–Trinajstić information content (AvgIpc) is 2.64. The predicted octanol–water partition coefficient (Wildman–Crippen LogP) is 3.82. The molecule has 0 saturated carbocycles. The van der Waals surface area contributed by atoms with E-state index in [1.807, 2.05) is 6.07 Å². The summed E-state index contributed by atoms with van der Waals surface area (Å²) in [6.45, 7) is 1.91. The van der Waals surface area contributed by atoms with E-state index in [4.69, 9.17) is 16.3 Å². The average molecular weight is 390 g/mol. The monoisotopic (exact) mass is 389 g/mol. The van der Waals surface area contributed by atoms with Crippen molar-refractivity contribution in [3.63, 3.8) is 0 Å². The van der Waals surface area contributed by atoms with E-state index < -0.39 is 10.0 Å². The summed E-state index contributed by atoms with van der Waals surface area (Å²) in [5, 5.41) is 0.382. The summed E-state index contributed by atoms with van der Waals surface area (Å²) in [5.41, 5.74) is 1.59. The Morgan fingerprint density at radius 3 is 2.65 bits per heavy atom.